The molecule has 4 aliphatic rings. The maximum Gasteiger partial charge on any atom is 0.161 e. The Balaban J connectivity index is 1.33. The Morgan fingerprint density at radius 1 is 0.655 bits per heavy atom. The largest absolute Gasteiger partial charge is 0.351 e. The van der Waals surface area contributed by atoms with Gasteiger partial charge in [-0.25, -0.2) is 0 Å². The average molecular weight is 405 g/mol. The molecule has 0 amide bonds. The van der Waals surface area contributed by atoms with Crippen molar-refractivity contribution in [1.82, 2.24) is 0 Å². The molecule has 0 unspecified atom stereocenters. The molecule has 0 aromatic rings. The zero-order chi connectivity index (χ0) is 20.8. The molecule has 2 fully saturated rings. The van der Waals surface area contributed by atoms with Gasteiger partial charge in [-0.3, -0.25) is 0 Å². The highest BCUT2D eigenvalue weighted by molar-refractivity contribution is 5.10. The van der Waals surface area contributed by atoms with Gasteiger partial charge in [-0.15, -0.1) is 0 Å². The Bertz CT molecular complexity index is 578. The van der Waals surface area contributed by atoms with Crippen molar-refractivity contribution in [2.75, 3.05) is 26.4 Å². The molecule has 2 aliphatic heterocycles. The van der Waals surface area contributed by atoms with Gasteiger partial charge in [0.25, 0.3) is 0 Å². The number of hydrogen-bond acceptors (Lipinski definition) is 4. The Hall–Kier alpha value is -0.680. The molecule has 0 N–H and O–H groups in total. The van der Waals surface area contributed by atoms with Crippen molar-refractivity contribution in [3.05, 3.63) is 23.3 Å². The number of ether oxygens (including phenoxy) is 4. The smallest absolute Gasteiger partial charge is 0.161 e. The second-order valence-electron chi connectivity index (χ2n) is 10.7. The number of hydrogen-bond donors (Lipinski definition) is 0. The van der Waals surface area contributed by atoms with E-state index in [4.69, 9.17) is 18.9 Å². The fourth-order valence-electron chi connectivity index (χ4n) is 6.44. The van der Waals surface area contributed by atoms with E-state index in [0.717, 1.165) is 12.8 Å². The minimum atomic E-state index is -0.160. The maximum atomic E-state index is 6.30. The molecule has 2 saturated heterocycles. The van der Waals surface area contributed by atoms with Gasteiger partial charge in [-0.05, 0) is 50.4 Å². The second kappa shape index (κ2) is 8.45. The van der Waals surface area contributed by atoms with Gasteiger partial charge < -0.3 is 18.9 Å². The molecule has 4 rings (SSSR count). The molecule has 1 spiro atoms. The highest BCUT2D eigenvalue weighted by Crippen LogP contribution is 2.43. The van der Waals surface area contributed by atoms with Gasteiger partial charge >= 0.3 is 0 Å². The highest BCUT2D eigenvalue weighted by Gasteiger charge is 2.47. The first kappa shape index (κ1) is 21.5. The predicted molar refractivity (Wildman–Crippen MR) is 114 cm³/mol. The van der Waals surface area contributed by atoms with Crippen LogP contribution in [0.4, 0.5) is 0 Å². The van der Waals surface area contributed by atoms with Gasteiger partial charge in [0, 0.05) is 11.8 Å². The van der Waals surface area contributed by atoms with Crippen LogP contribution in [0.15, 0.2) is 23.3 Å². The zero-order valence-corrected chi connectivity index (χ0v) is 19.1. The minimum absolute atomic E-state index is 0.112. The summed E-state index contributed by atoms with van der Waals surface area (Å²) in [6, 6.07) is 0. The summed E-state index contributed by atoms with van der Waals surface area (Å²) in [4.78, 5) is 0. The summed E-state index contributed by atoms with van der Waals surface area (Å²) in [5.41, 5.74) is 2.82. The lowest BCUT2D eigenvalue weighted by Crippen LogP contribution is -2.56. The first-order valence-corrected chi connectivity index (χ1v) is 11.6. The van der Waals surface area contributed by atoms with Crippen molar-refractivity contribution in [1.29, 1.82) is 0 Å². The van der Waals surface area contributed by atoms with Crippen LogP contribution in [0, 0.1) is 40.9 Å². The van der Waals surface area contributed by atoms with E-state index in [0.29, 0.717) is 61.9 Å². The quantitative estimate of drug-likeness (QED) is 0.593. The molecule has 0 saturated carbocycles. The van der Waals surface area contributed by atoms with E-state index >= 15 is 0 Å². The minimum Gasteiger partial charge on any atom is -0.351 e. The molecule has 6 atom stereocenters. The van der Waals surface area contributed by atoms with Crippen LogP contribution in [0.25, 0.3) is 0 Å². The average Bonchev–Trinajstić information content (AvgIpc) is 2.63. The Morgan fingerprint density at radius 3 is 1.31 bits per heavy atom. The zero-order valence-electron chi connectivity index (χ0n) is 19.1. The van der Waals surface area contributed by atoms with Gasteiger partial charge in [0.1, 0.15) is 0 Å². The summed E-state index contributed by atoms with van der Waals surface area (Å²) in [5, 5.41) is 0. The van der Waals surface area contributed by atoms with Crippen LogP contribution < -0.4 is 0 Å². The molecule has 0 aromatic heterocycles. The summed E-state index contributed by atoms with van der Waals surface area (Å²) >= 11 is 0. The molecule has 2 heterocycles. The molecule has 0 radical (unpaired) electrons. The molecule has 2 aliphatic carbocycles. The van der Waals surface area contributed by atoms with Crippen molar-refractivity contribution in [2.24, 2.45) is 40.9 Å². The highest BCUT2D eigenvalue weighted by atomic mass is 16.7. The summed E-state index contributed by atoms with van der Waals surface area (Å²) < 4.78 is 25.2. The fourth-order valence-corrected chi connectivity index (χ4v) is 6.44. The van der Waals surface area contributed by atoms with Crippen LogP contribution >= 0.6 is 0 Å². The van der Waals surface area contributed by atoms with Gasteiger partial charge in [0.2, 0.25) is 0 Å². The molecule has 4 heteroatoms. The van der Waals surface area contributed by atoms with E-state index in [1.807, 2.05) is 0 Å². The van der Waals surface area contributed by atoms with Crippen LogP contribution in [0.2, 0.25) is 0 Å². The lowest BCUT2D eigenvalue weighted by molar-refractivity contribution is -0.327. The summed E-state index contributed by atoms with van der Waals surface area (Å²) in [6.07, 6.45) is 6.84. The SMILES string of the molecule is CC1=C[C@H](C)[C@H](C2OCC3(CO2)COC([C@H]2[C@@H](C)C=C(C)C[C@@H]2C)OC3)[C@H](C)C1. The Labute approximate surface area is 177 Å². The van der Waals surface area contributed by atoms with E-state index < -0.39 is 0 Å². The van der Waals surface area contributed by atoms with Gasteiger partial charge in [0.15, 0.2) is 12.6 Å². The van der Waals surface area contributed by atoms with Crippen LogP contribution in [-0.2, 0) is 18.9 Å². The van der Waals surface area contributed by atoms with E-state index in [2.05, 4.69) is 53.7 Å². The van der Waals surface area contributed by atoms with Gasteiger partial charge in [-0.1, -0.05) is 51.0 Å². The monoisotopic (exact) mass is 404 g/mol. The summed E-state index contributed by atoms with van der Waals surface area (Å²) in [5.74, 6) is 3.01. The summed E-state index contributed by atoms with van der Waals surface area (Å²) in [7, 11) is 0. The van der Waals surface area contributed by atoms with Crippen molar-refractivity contribution >= 4 is 0 Å². The molecule has 0 aromatic carbocycles. The molecule has 29 heavy (non-hydrogen) atoms. The number of allylic oxidation sites excluding steroid dienone is 4. The van der Waals surface area contributed by atoms with E-state index in [1.165, 1.54) is 11.1 Å². The van der Waals surface area contributed by atoms with Crippen LogP contribution in [0.1, 0.15) is 54.4 Å². The second-order valence-corrected chi connectivity index (χ2v) is 10.7. The van der Waals surface area contributed by atoms with E-state index in [-0.39, 0.29) is 18.0 Å². The van der Waals surface area contributed by atoms with Gasteiger partial charge in [0.05, 0.1) is 31.8 Å². The first-order valence-electron chi connectivity index (χ1n) is 11.6. The standard InChI is InChI=1S/C25H40O4/c1-15-7-17(3)21(18(4)8-15)23-26-11-25(12-27-23)13-28-24(29-14-25)22-19(5)9-16(2)10-20(22)6/h7,9,17-24H,8,10-14H2,1-6H3/t17-,18-,19-,20+,21-,22-,23?,24?,25?/m0/s1. The van der Waals surface area contributed by atoms with Crippen molar-refractivity contribution in [2.45, 2.75) is 67.0 Å². The first-order chi connectivity index (χ1) is 13.8. The summed E-state index contributed by atoms with van der Waals surface area (Å²) in [6.45, 7) is 16.4. The molecular formula is C25H40O4. The third-order valence-electron chi connectivity index (χ3n) is 7.75. The topological polar surface area (TPSA) is 36.9 Å². The molecule has 164 valence electrons. The fraction of sp³-hybridized carbons (Fsp3) is 0.840. The molecule has 4 nitrogen and oxygen atoms in total. The lowest BCUT2D eigenvalue weighted by Gasteiger charge is -2.49. The van der Waals surface area contributed by atoms with Gasteiger partial charge in [-0.2, -0.15) is 0 Å². The van der Waals surface area contributed by atoms with E-state index in [9.17, 15) is 0 Å². The van der Waals surface area contributed by atoms with Crippen LogP contribution in [0.5, 0.6) is 0 Å². The maximum absolute atomic E-state index is 6.30. The predicted octanol–water partition coefficient (Wildman–Crippen LogP) is 5.20. The van der Waals surface area contributed by atoms with Crippen molar-refractivity contribution in [3.63, 3.8) is 0 Å². The molecular weight excluding hydrogens is 364 g/mol. The van der Waals surface area contributed by atoms with Crippen LogP contribution in [-0.4, -0.2) is 39.0 Å². The van der Waals surface area contributed by atoms with Crippen LogP contribution in [0.3, 0.4) is 0 Å². The van der Waals surface area contributed by atoms with Crippen molar-refractivity contribution in [3.8, 4) is 0 Å². The Morgan fingerprint density at radius 2 is 1.00 bits per heavy atom. The molecule has 0 bridgehead atoms. The third-order valence-corrected chi connectivity index (χ3v) is 7.75. The number of rotatable bonds is 2. The Kier molecular flexibility index (Phi) is 6.28. The van der Waals surface area contributed by atoms with E-state index in [1.54, 1.807) is 0 Å². The third kappa shape index (κ3) is 4.37. The normalized spacial score (nSPS) is 48.9. The lowest BCUT2D eigenvalue weighted by atomic mass is 9.74. The van der Waals surface area contributed by atoms with Crippen molar-refractivity contribution < 1.29 is 18.9 Å².